The number of halogens is 5. The van der Waals surface area contributed by atoms with Gasteiger partial charge in [-0.1, -0.05) is 12.1 Å². The maximum atomic E-state index is 14.7. The van der Waals surface area contributed by atoms with Crippen LogP contribution in [0.25, 0.3) is 11.1 Å². The number of alkyl halides is 5. The first kappa shape index (κ1) is 19.5. The van der Waals surface area contributed by atoms with Gasteiger partial charge in [0.25, 0.3) is 11.8 Å². The largest absolute Gasteiger partial charge is 0.416 e. The second-order valence-corrected chi connectivity index (χ2v) is 7.35. The van der Waals surface area contributed by atoms with Crippen molar-refractivity contribution in [3.8, 4) is 11.1 Å². The smallest absolute Gasteiger partial charge is 0.344 e. The normalized spacial score (nSPS) is 23.7. The maximum absolute atomic E-state index is 14.7. The van der Waals surface area contributed by atoms with E-state index in [-0.39, 0.29) is 12.1 Å². The summed E-state index contributed by atoms with van der Waals surface area (Å²) in [6, 6.07) is 7.28. The fourth-order valence-electron chi connectivity index (χ4n) is 3.81. The van der Waals surface area contributed by atoms with Gasteiger partial charge in [-0.25, -0.2) is 0 Å². The van der Waals surface area contributed by atoms with Gasteiger partial charge in [0.2, 0.25) is 0 Å². The van der Waals surface area contributed by atoms with Crippen LogP contribution < -0.4 is 0 Å². The molecule has 1 saturated heterocycles. The summed E-state index contributed by atoms with van der Waals surface area (Å²) in [7, 11) is 1.55. The lowest BCUT2D eigenvalue weighted by Gasteiger charge is -2.18. The number of pyridine rings is 1. The minimum Gasteiger partial charge on any atom is -0.344 e. The van der Waals surface area contributed by atoms with Crippen molar-refractivity contribution in [2.75, 3.05) is 13.6 Å². The van der Waals surface area contributed by atoms with Crippen molar-refractivity contribution in [3.05, 3.63) is 53.9 Å². The van der Waals surface area contributed by atoms with Crippen LogP contribution >= 0.6 is 0 Å². The van der Waals surface area contributed by atoms with Gasteiger partial charge in [-0.05, 0) is 41.8 Å². The monoisotopic (exact) mass is 409 g/mol. The summed E-state index contributed by atoms with van der Waals surface area (Å²) in [5.74, 6) is -3.77. The summed E-state index contributed by atoms with van der Waals surface area (Å²) in [5, 5.41) is 0. The molecule has 2 aromatic rings. The molecule has 152 valence electrons. The first-order valence-corrected chi connectivity index (χ1v) is 8.90. The average Bonchev–Trinajstić information content (AvgIpc) is 3.11. The molecule has 3 heterocycles. The van der Waals surface area contributed by atoms with Crippen molar-refractivity contribution in [1.82, 2.24) is 9.88 Å². The first-order chi connectivity index (χ1) is 13.5. The van der Waals surface area contributed by atoms with E-state index in [1.807, 2.05) is 0 Å². The van der Waals surface area contributed by atoms with Gasteiger partial charge in [0, 0.05) is 19.8 Å². The fraction of sp³-hybridized carbons (Fsp3) is 0.350. The number of carbonyl (C=O) groups excluding carboxylic acids is 1. The average molecular weight is 409 g/mol. The summed E-state index contributed by atoms with van der Waals surface area (Å²) in [5.41, 5.74) is -2.07. The number of carbonyl (C=O) groups is 1. The zero-order valence-corrected chi connectivity index (χ0v) is 15.3. The van der Waals surface area contributed by atoms with Crippen LogP contribution in [0.5, 0.6) is 0 Å². The minimum absolute atomic E-state index is 0.0911. The van der Waals surface area contributed by atoms with E-state index in [1.165, 1.54) is 35.4 Å². The topological polar surface area (TPSA) is 45.6 Å². The number of hydrogen-bond acceptors (Lipinski definition) is 3. The number of benzene rings is 1. The molecular formula is C20H16F5N3O. The van der Waals surface area contributed by atoms with E-state index < -0.39 is 41.2 Å². The van der Waals surface area contributed by atoms with Gasteiger partial charge in [-0.15, -0.1) is 0 Å². The van der Waals surface area contributed by atoms with Crippen LogP contribution in [0.3, 0.4) is 0 Å². The highest BCUT2D eigenvalue weighted by Gasteiger charge is 2.59. The molecule has 1 aromatic heterocycles. The summed E-state index contributed by atoms with van der Waals surface area (Å²) in [6.45, 7) is 0.352. The predicted octanol–water partition coefficient (Wildman–Crippen LogP) is 4.20. The lowest BCUT2D eigenvalue weighted by molar-refractivity contribution is -0.137. The van der Waals surface area contributed by atoms with Gasteiger partial charge in [0.1, 0.15) is 11.3 Å². The quantitative estimate of drug-likeness (QED) is 0.698. The van der Waals surface area contributed by atoms with Gasteiger partial charge >= 0.3 is 6.18 Å². The Morgan fingerprint density at radius 2 is 1.76 bits per heavy atom. The van der Waals surface area contributed by atoms with Crippen LogP contribution in [-0.4, -0.2) is 46.6 Å². The Labute approximate surface area is 163 Å². The first-order valence-electron chi connectivity index (χ1n) is 8.90. The third-order valence-corrected chi connectivity index (χ3v) is 5.34. The van der Waals surface area contributed by atoms with Gasteiger partial charge in [-0.3, -0.25) is 14.8 Å². The number of nitrogens with zero attached hydrogens (tertiary/aromatic N) is 3. The van der Waals surface area contributed by atoms with Crippen LogP contribution in [0.4, 0.5) is 22.0 Å². The van der Waals surface area contributed by atoms with Crippen molar-refractivity contribution >= 4 is 11.6 Å². The number of hydrogen-bond donors (Lipinski definition) is 0. The fourth-order valence-corrected chi connectivity index (χ4v) is 3.81. The Morgan fingerprint density at radius 1 is 1.07 bits per heavy atom. The van der Waals surface area contributed by atoms with Gasteiger partial charge < -0.3 is 4.90 Å². The Bertz CT molecular complexity index is 1000. The SMILES string of the molecule is CN1CC[C@@]2(CC(F)(F)C(c3cc(-c4ccc(C(F)(F)F)cc4)ccn3)=N2)C1=O. The van der Waals surface area contributed by atoms with E-state index in [1.54, 1.807) is 7.05 Å². The number of likely N-dealkylation sites (N-methyl/N-ethyl adjacent to an activating group) is 1. The molecule has 2 aliphatic rings. The standard InChI is InChI=1S/C20H16F5N3O/c1-28-9-7-18(17(28)29)11-19(21,22)16(27-18)15-10-13(6-8-26-15)12-2-4-14(5-3-12)20(23,24)25/h2-6,8,10H,7,9,11H2,1H3/t18-/m1/s1. The molecule has 1 spiro atoms. The number of amides is 1. The van der Waals surface area contributed by atoms with Crippen LogP contribution in [0.1, 0.15) is 24.1 Å². The molecule has 0 radical (unpaired) electrons. The molecule has 9 heteroatoms. The van der Waals surface area contributed by atoms with E-state index in [9.17, 15) is 26.7 Å². The van der Waals surface area contributed by atoms with Gasteiger partial charge in [0.05, 0.1) is 17.7 Å². The molecule has 4 nitrogen and oxygen atoms in total. The van der Waals surface area contributed by atoms with Gasteiger partial charge in [0.15, 0.2) is 0 Å². The molecule has 2 aliphatic heterocycles. The van der Waals surface area contributed by atoms with Crippen LogP contribution in [0, 0.1) is 0 Å². The van der Waals surface area contributed by atoms with Crippen molar-refractivity contribution in [3.63, 3.8) is 0 Å². The van der Waals surface area contributed by atoms with Crippen molar-refractivity contribution in [2.45, 2.75) is 30.5 Å². The van der Waals surface area contributed by atoms with E-state index in [2.05, 4.69) is 9.98 Å². The van der Waals surface area contributed by atoms with Crippen molar-refractivity contribution in [2.24, 2.45) is 4.99 Å². The molecule has 0 N–H and O–H groups in total. The molecule has 4 rings (SSSR count). The zero-order chi connectivity index (χ0) is 21.0. The third kappa shape index (κ3) is 3.28. The summed E-state index contributed by atoms with van der Waals surface area (Å²) in [6.07, 6.45) is -3.66. The highest BCUT2D eigenvalue weighted by molar-refractivity contribution is 6.09. The number of rotatable bonds is 2. The summed E-state index contributed by atoms with van der Waals surface area (Å²) in [4.78, 5) is 21.9. The third-order valence-electron chi connectivity index (χ3n) is 5.34. The Balaban J connectivity index is 1.71. The number of aliphatic imine (C=N–C) groups is 1. The van der Waals surface area contributed by atoms with Crippen LogP contribution in [0.2, 0.25) is 0 Å². The maximum Gasteiger partial charge on any atom is 0.416 e. The van der Waals surface area contributed by atoms with Crippen LogP contribution in [-0.2, 0) is 11.0 Å². The number of likely N-dealkylation sites (tertiary alicyclic amines) is 1. The van der Waals surface area contributed by atoms with E-state index in [4.69, 9.17) is 0 Å². The summed E-state index contributed by atoms with van der Waals surface area (Å²) < 4.78 is 67.7. The van der Waals surface area contributed by atoms with E-state index in [0.717, 1.165) is 12.1 Å². The molecule has 1 atom stereocenters. The molecule has 0 bridgehead atoms. The molecule has 0 unspecified atom stereocenters. The highest BCUT2D eigenvalue weighted by atomic mass is 19.4. The highest BCUT2D eigenvalue weighted by Crippen LogP contribution is 2.45. The molecular weight excluding hydrogens is 393 g/mol. The van der Waals surface area contributed by atoms with Crippen LogP contribution in [0.15, 0.2) is 47.6 Å². The van der Waals surface area contributed by atoms with Crippen molar-refractivity contribution < 1.29 is 26.7 Å². The molecule has 0 saturated carbocycles. The second kappa shape index (κ2) is 6.33. The van der Waals surface area contributed by atoms with E-state index in [0.29, 0.717) is 17.7 Å². The lowest BCUT2D eigenvalue weighted by atomic mass is 9.93. The van der Waals surface area contributed by atoms with Crippen molar-refractivity contribution in [1.29, 1.82) is 0 Å². The van der Waals surface area contributed by atoms with E-state index >= 15 is 0 Å². The Kier molecular flexibility index (Phi) is 4.25. The molecule has 1 aromatic carbocycles. The number of aromatic nitrogens is 1. The lowest BCUT2D eigenvalue weighted by Crippen LogP contribution is -2.38. The zero-order valence-electron chi connectivity index (χ0n) is 15.3. The van der Waals surface area contributed by atoms with Gasteiger partial charge in [-0.2, -0.15) is 22.0 Å². The second-order valence-electron chi connectivity index (χ2n) is 7.35. The molecule has 1 amide bonds. The summed E-state index contributed by atoms with van der Waals surface area (Å²) >= 11 is 0. The Morgan fingerprint density at radius 3 is 2.34 bits per heavy atom. The molecule has 1 fully saturated rings. The molecule has 0 aliphatic carbocycles. The minimum atomic E-state index is -4.46. The predicted molar refractivity (Wildman–Crippen MR) is 95.8 cm³/mol. The molecule has 29 heavy (non-hydrogen) atoms. The Hall–Kier alpha value is -2.84.